The van der Waals surface area contributed by atoms with Gasteiger partial charge in [0.25, 0.3) is 0 Å². The number of carbonyl (C=O) groups excluding carboxylic acids is 2. The lowest BCUT2D eigenvalue weighted by Crippen LogP contribution is -2.04. The topological polar surface area (TPSA) is 43.4 Å². The Morgan fingerprint density at radius 2 is 1.64 bits per heavy atom. The third kappa shape index (κ3) is 7.92. The highest BCUT2D eigenvalue weighted by atomic mass is 16.5. The lowest BCUT2D eigenvalue weighted by molar-refractivity contribution is -0.124. The van der Waals surface area contributed by atoms with Gasteiger partial charge in [-0.3, -0.25) is 9.59 Å². The van der Waals surface area contributed by atoms with Crippen molar-refractivity contribution in [3.8, 4) is 0 Å². The van der Waals surface area contributed by atoms with Crippen molar-refractivity contribution in [2.75, 3.05) is 13.2 Å². The lowest BCUT2D eigenvalue weighted by atomic mass is 10.1. The first kappa shape index (κ1) is 13.3. The number of ketones is 2. The van der Waals surface area contributed by atoms with E-state index in [0.29, 0.717) is 38.9 Å². The Balaban J connectivity index is 3.32. The lowest BCUT2D eigenvalue weighted by Gasteiger charge is -2.00. The Morgan fingerprint density at radius 3 is 2.21 bits per heavy atom. The number of hydrogen-bond acceptors (Lipinski definition) is 3. The van der Waals surface area contributed by atoms with E-state index in [-0.39, 0.29) is 11.6 Å². The Hall–Kier alpha value is -0.700. The fourth-order valence-corrected chi connectivity index (χ4v) is 1.10. The van der Waals surface area contributed by atoms with Crippen LogP contribution in [-0.4, -0.2) is 24.8 Å². The second-order valence-corrected chi connectivity index (χ2v) is 3.23. The number of ether oxygens (including phenoxy) is 1. The summed E-state index contributed by atoms with van der Waals surface area (Å²) in [4.78, 5) is 22.1. The predicted molar refractivity (Wildman–Crippen MR) is 55.3 cm³/mol. The van der Waals surface area contributed by atoms with E-state index >= 15 is 0 Å². The first-order valence-corrected chi connectivity index (χ1v) is 5.31. The van der Waals surface area contributed by atoms with Gasteiger partial charge in [-0.2, -0.15) is 0 Å². The van der Waals surface area contributed by atoms with E-state index in [0.717, 1.165) is 6.42 Å². The summed E-state index contributed by atoms with van der Waals surface area (Å²) in [6, 6.07) is 0. The molecule has 0 aromatic carbocycles. The number of hydrogen-bond donors (Lipinski definition) is 0. The van der Waals surface area contributed by atoms with Crippen molar-refractivity contribution in [1.29, 1.82) is 0 Å². The molecule has 0 N–H and O–H groups in total. The standard InChI is InChI=1S/C11H20O3/c1-3-10(12)7-8-11(13)6-5-9-14-4-2/h3-9H2,1-2H3. The predicted octanol–water partition coefficient (Wildman–Crippen LogP) is 2.13. The van der Waals surface area contributed by atoms with Crippen LogP contribution in [0, 0.1) is 0 Å². The molecule has 0 amide bonds. The molecule has 0 unspecified atom stereocenters. The van der Waals surface area contributed by atoms with Crippen molar-refractivity contribution in [2.24, 2.45) is 0 Å². The molecule has 14 heavy (non-hydrogen) atoms. The molecule has 0 radical (unpaired) electrons. The Kier molecular flexibility index (Phi) is 8.43. The highest BCUT2D eigenvalue weighted by Crippen LogP contribution is 2.01. The van der Waals surface area contributed by atoms with Gasteiger partial charge in [-0.1, -0.05) is 6.92 Å². The van der Waals surface area contributed by atoms with Crippen LogP contribution in [0.4, 0.5) is 0 Å². The highest BCUT2D eigenvalue weighted by molar-refractivity contribution is 5.85. The highest BCUT2D eigenvalue weighted by Gasteiger charge is 2.04. The van der Waals surface area contributed by atoms with Crippen LogP contribution in [0.25, 0.3) is 0 Å². The molecule has 0 atom stereocenters. The van der Waals surface area contributed by atoms with Gasteiger partial charge in [0.1, 0.15) is 11.6 Å². The summed E-state index contributed by atoms with van der Waals surface area (Å²) in [5, 5.41) is 0. The second kappa shape index (κ2) is 8.88. The minimum atomic E-state index is 0.170. The first-order valence-electron chi connectivity index (χ1n) is 5.31. The molecule has 0 aliphatic heterocycles. The largest absolute Gasteiger partial charge is 0.382 e. The number of Topliss-reactive ketones (excluding diaryl/α,β-unsaturated/α-hetero) is 2. The number of rotatable bonds is 9. The van der Waals surface area contributed by atoms with Crippen molar-refractivity contribution in [1.82, 2.24) is 0 Å². The molecule has 0 rings (SSSR count). The third-order valence-electron chi connectivity index (χ3n) is 2.03. The summed E-state index contributed by atoms with van der Waals surface area (Å²) in [7, 11) is 0. The molecule has 0 saturated heterocycles. The summed E-state index contributed by atoms with van der Waals surface area (Å²) in [5.74, 6) is 0.342. The average Bonchev–Trinajstić information content (AvgIpc) is 2.21. The monoisotopic (exact) mass is 200 g/mol. The summed E-state index contributed by atoms with van der Waals surface area (Å²) in [6.07, 6.45) is 2.65. The van der Waals surface area contributed by atoms with Crippen LogP contribution in [0.5, 0.6) is 0 Å². The van der Waals surface area contributed by atoms with Gasteiger partial charge in [0, 0.05) is 38.9 Å². The molecule has 0 aliphatic carbocycles. The zero-order chi connectivity index (χ0) is 10.8. The maximum Gasteiger partial charge on any atom is 0.133 e. The second-order valence-electron chi connectivity index (χ2n) is 3.23. The van der Waals surface area contributed by atoms with E-state index in [1.807, 2.05) is 13.8 Å². The number of carbonyl (C=O) groups is 2. The summed E-state index contributed by atoms with van der Waals surface area (Å²) in [6.45, 7) is 5.09. The van der Waals surface area contributed by atoms with Crippen molar-refractivity contribution < 1.29 is 14.3 Å². The smallest absolute Gasteiger partial charge is 0.133 e. The minimum Gasteiger partial charge on any atom is -0.382 e. The molecule has 0 aliphatic rings. The van der Waals surface area contributed by atoms with Gasteiger partial charge in [-0.25, -0.2) is 0 Å². The molecule has 0 heterocycles. The Bertz CT molecular complexity index is 175. The SMILES string of the molecule is CCOCCCC(=O)CCC(=O)CC. The van der Waals surface area contributed by atoms with Crippen LogP contribution in [-0.2, 0) is 14.3 Å². The average molecular weight is 200 g/mol. The van der Waals surface area contributed by atoms with Gasteiger partial charge in [0.05, 0.1) is 0 Å². The Labute approximate surface area is 85.8 Å². The van der Waals surface area contributed by atoms with Crippen LogP contribution in [0.1, 0.15) is 46.0 Å². The van der Waals surface area contributed by atoms with Gasteiger partial charge in [0.15, 0.2) is 0 Å². The minimum absolute atomic E-state index is 0.170. The van der Waals surface area contributed by atoms with Crippen LogP contribution in [0.3, 0.4) is 0 Å². The molecular weight excluding hydrogens is 180 g/mol. The molecule has 3 nitrogen and oxygen atoms in total. The zero-order valence-electron chi connectivity index (χ0n) is 9.17. The van der Waals surface area contributed by atoms with Crippen LogP contribution in [0.2, 0.25) is 0 Å². The van der Waals surface area contributed by atoms with E-state index in [4.69, 9.17) is 4.74 Å². The summed E-state index contributed by atoms with van der Waals surface area (Å²) < 4.78 is 5.11. The van der Waals surface area contributed by atoms with Gasteiger partial charge in [0.2, 0.25) is 0 Å². The zero-order valence-corrected chi connectivity index (χ0v) is 9.17. The van der Waals surface area contributed by atoms with Crippen molar-refractivity contribution in [3.05, 3.63) is 0 Å². The molecule has 0 spiro atoms. The fraction of sp³-hybridized carbons (Fsp3) is 0.818. The molecular formula is C11H20O3. The first-order chi connectivity index (χ1) is 6.70. The third-order valence-corrected chi connectivity index (χ3v) is 2.03. The summed E-state index contributed by atoms with van der Waals surface area (Å²) >= 11 is 0. The van der Waals surface area contributed by atoms with Crippen molar-refractivity contribution >= 4 is 11.6 Å². The fourth-order valence-electron chi connectivity index (χ4n) is 1.10. The molecule has 0 fully saturated rings. The van der Waals surface area contributed by atoms with Gasteiger partial charge in [-0.15, -0.1) is 0 Å². The maximum atomic E-state index is 11.2. The van der Waals surface area contributed by atoms with Crippen LogP contribution >= 0.6 is 0 Å². The molecule has 0 aromatic rings. The van der Waals surface area contributed by atoms with Crippen molar-refractivity contribution in [3.63, 3.8) is 0 Å². The molecule has 82 valence electrons. The molecule has 0 saturated carbocycles. The van der Waals surface area contributed by atoms with E-state index in [9.17, 15) is 9.59 Å². The summed E-state index contributed by atoms with van der Waals surface area (Å²) in [5.41, 5.74) is 0. The molecule has 0 aromatic heterocycles. The quantitative estimate of drug-likeness (QED) is 0.535. The Morgan fingerprint density at radius 1 is 1.00 bits per heavy atom. The maximum absolute atomic E-state index is 11.2. The van der Waals surface area contributed by atoms with Gasteiger partial charge in [-0.05, 0) is 13.3 Å². The normalized spacial score (nSPS) is 10.1. The van der Waals surface area contributed by atoms with Crippen molar-refractivity contribution in [2.45, 2.75) is 46.0 Å². The molecule has 0 bridgehead atoms. The molecule has 3 heteroatoms. The van der Waals surface area contributed by atoms with Crippen LogP contribution in [0.15, 0.2) is 0 Å². The van der Waals surface area contributed by atoms with Gasteiger partial charge >= 0.3 is 0 Å². The van der Waals surface area contributed by atoms with Crippen LogP contribution < -0.4 is 0 Å². The van der Waals surface area contributed by atoms with E-state index in [1.165, 1.54) is 0 Å². The van der Waals surface area contributed by atoms with Gasteiger partial charge < -0.3 is 4.74 Å². The van der Waals surface area contributed by atoms with E-state index < -0.39 is 0 Å². The van der Waals surface area contributed by atoms with E-state index in [2.05, 4.69) is 0 Å². The van der Waals surface area contributed by atoms with E-state index in [1.54, 1.807) is 0 Å².